The Morgan fingerprint density at radius 3 is 2.32 bits per heavy atom. The summed E-state index contributed by atoms with van der Waals surface area (Å²) in [5.41, 5.74) is 2.09. The van der Waals surface area contributed by atoms with Gasteiger partial charge in [-0.05, 0) is 95.2 Å². The molecule has 0 aromatic heterocycles. The third-order valence-electron chi connectivity index (χ3n) is 9.24. The number of benzene rings is 1. The molecule has 0 amide bonds. The highest BCUT2D eigenvalue weighted by molar-refractivity contribution is 7.47. The van der Waals surface area contributed by atoms with Crippen LogP contribution in [0.2, 0.25) is 0 Å². The lowest BCUT2D eigenvalue weighted by molar-refractivity contribution is -0.153. The van der Waals surface area contributed by atoms with Gasteiger partial charge in [0, 0.05) is 11.5 Å². The number of rotatable bonds is 19. The molecule has 1 aromatic rings. The number of carbonyl (C=O) groups is 1. The first-order chi connectivity index (χ1) is 21.0. The molecular weight excluding hydrogens is 575 g/mol. The summed E-state index contributed by atoms with van der Waals surface area (Å²) in [4.78, 5) is 24.6. The molecule has 3 atom stereocenters. The molecule has 2 N–H and O–H groups in total. The number of allylic oxidation sites excluding steroid dienone is 3. The van der Waals surface area contributed by atoms with Crippen molar-refractivity contribution in [3.63, 3.8) is 0 Å². The van der Waals surface area contributed by atoms with E-state index < -0.39 is 19.4 Å². The molecular formula is C36H57O7P. The standard InChI is InChI=1S/C36H57O7P/c1-6-8-10-11-12-13-17-23-41-44(39,40)43-36(21-15-16-22-36)35(38)42-33-26-29(18-14-9-7-2)25-32(37)34(33)31-24-28(5)19-20-30(31)27(3)4/h24-26,30-31,37H,3,6-23H2,1-2,4-5H3,(H,39,40)/t30-,31+/m0/s1. The molecule has 0 saturated heterocycles. The topological polar surface area (TPSA) is 102 Å². The highest BCUT2D eigenvalue weighted by Crippen LogP contribution is 2.53. The number of aryl methyl sites for hydroxylation is 1. The summed E-state index contributed by atoms with van der Waals surface area (Å²) in [6.45, 7) is 12.7. The van der Waals surface area contributed by atoms with Gasteiger partial charge in [0.15, 0.2) is 5.60 Å². The van der Waals surface area contributed by atoms with Gasteiger partial charge in [0.05, 0.1) is 6.61 Å². The molecule has 2 aliphatic carbocycles. The highest BCUT2D eigenvalue weighted by Gasteiger charge is 2.50. The number of carbonyl (C=O) groups excluding carboxylic acids is 1. The Morgan fingerprint density at radius 2 is 1.66 bits per heavy atom. The second-order valence-electron chi connectivity index (χ2n) is 13.1. The van der Waals surface area contributed by atoms with Crippen molar-refractivity contribution in [2.24, 2.45) is 5.92 Å². The SMILES string of the molecule is C=C(C)[C@@H]1CCC(C)=C[C@H]1c1c(O)cc(CCCCC)cc1OC(=O)C1(OP(=O)(O)OCCCCCCCCC)CCCC1. The van der Waals surface area contributed by atoms with Gasteiger partial charge in [0.25, 0.3) is 0 Å². The second-order valence-corrected chi connectivity index (χ2v) is 14.5. The molecule has 0 aliphatic heterocycles. The minimum Gasteiger partial charge on any atom is -0.507 e. The fraction of sp³-hybridized carbons (Fsp3) is 0.694. The van der Waals surface area contributed by atoms with Gasteiger partial charge in [-0.1, -0.05) is 89.0 Å². The van der Waals surface area contributed by atoms with Gasteiger partial charge in [-0.2, -0.15) is 0 Å². The summed E-state index contributed by atoms with van der Waals surface area (Å²) in [5.74, 6) is -0.448. The minimum absolute atomic E-state index is 0.0855. The lowest BCUT2D eigenvalue weighted by atomic mass is 9.73. The van der Waals surface area contributed by atoms with Crippen molar-refractivity contribution >= 4 is 13.8 Å². The molecule has 3 rings (SSSR count). The van der Waals surface area contributed by atoms with E-state index in [-0.39, 0.29) is 42.8 Å². The second kappa shape index (κ2) is 17.7. The van der Waals surface area contributed by atoms with E-state index >= 15 is 0 Å². The first-order valence-electron chi connectivity index (χ1n) is 17.1. The molecule has 0 spiro atoms. The first kappa shape index (κ1) is 36.5. The van der Waals surface area contributed by atoms with E-state index in [0.717, 1.165) is 68.9 Å². The van der Waals surface area contributed by atoms with E-state index in [2.05, 4.69) is 33.4 Å². The normalized spacial score (nSPS) is 21.1. The van der Waals surface area contributed by atoms with Crippen LogP contribution in [0.3, 0.4) is 0 Å². The number of aromatic hydroxyl groups is 1. The zero-order chi connectivity index (χ0) is 32.2. The highest BCUT2D eigenvalue weighted by atomic mass is 31.2. The number of phenolic OH excluding ortho intramolecular Hbond substituents is 1. The van der Waals surface area contributed by atoms with Gasteiger partial charge >= 0.3 is 13.8 Å². The lowest BCUT2D eigenvalue weighted by Gasteiger charge is -2.33. The van der Waals surface area contributed by atoms with Crippen LogP contribution in [-0.2, 0) is 24.8 Å². The molecule has 248 valence electrons. The van der Waals surface area contributed by atoms with Gasteiger partial charge in [-0.25, -0.2) is 9.36 Å². The van der Waals surface area contributed by atoms with E-state index in [1.54, 1.807) is 6.07 Å². The first-order valence-corrected chi connectivity index (χ1v) is 18.6. The number of phosphoric acid groups is 1. The van der Waals surface area contributed by atoms with Crippen LogP contribution >= 0.6 is 7.82 Å². The summed E-state index contributed by atoms with van der Waals surface area (Å²) in [6.07, 6.45) is 17.1. The predicted octanol–water partition coefficient (Wildman–Crippen LogP) is 10.2. The number of phenols is 1. The van der Waals surface area contributed by atoms with Crippen LogP contribution in [0.25, 0.3) is 0 Å². The third-order valence-corrected chi connectivity index (χ3v) is 10.3. The van der Waals surface area contributed by atoms with Crippen molar-refractivity contribution < 1.29 is 33.1 Å². The van der Waals surface area contributed by atoms with Crippen LogP contribution < -0.4 is 4.74 Å². The molecule has 1 unspecified atom stereocenters. The van der Waals surface area contributed by atoms with Crippen molar-refractivity contribution in [3.8, 4) is 11.5 Å². The summed E-state index contributed by atoms with van der Waals surface area (Å²) >= 11 is 0. The van der Waals surface area contributed by atoms with Crippen molar-refractivity contribution in [1.29, 1.82) is 0 Å². The number of hydrogen-bond acceptors (Lipinski definition) is 6. The van der Waals surface area contributed by atoms with Crippen LogP contribution in [0.1, 0.15) is 147 Å². The van der Waals surface area contributed by atoms with Crippen molar-refractivity contribution in [2.75, 3.05) is 6.61 Å². The minimum atomic E-state index is -4.51. The van der Waals surface area contributed by atoms with Gasteiger partial charge in [0.1, 0.15) is 11.5 Å². The molecule has 1 saturated carbocycles. The van der Waals surface area contributed by atoms with Crippen molar-refractivity contribution in [1.82, 2.24) is 0 Å². The average Bonchev–Trinajstić information content (AvgIpc) is 3.43. The van der Waals surface area contributed by atoms with Gasteiger partial charge in [-0.3, -0.25) is 9.05 Å². The van der Waals surface area contributed by atoms with Crippen LogP contribution in [0.15, 0.2) is 35.9 Å². The average molecular weight is 633 g/mol. The molecule has 0 radical (unpaired) electrons. The van der Waals surface area contributed by atoms with Crippen molar-refractivity contribution in [2.45, 2.75) is 148 Å². The summed E-state index contributed by atoms with van der Waals surface area (Å²) in [5, 5.41) is 11.4. The number of unbranched alkanes of at least 4 members (excludes halogenated alkanes) is 8. The zero-order valence-electron chi connectivity index (χ0n) is 27.7. The Hall–Kier alpha value is -1.92. The zero-order valence-corrected chi connectivity index (χ0v) is 28.6. The summed E-state index contributed by atoms with van der Waals surface area (Å²) in [7, 11) is -4.51. The number of ether oxygens (including phenoxy) is 1. The molecule has 44 heavy (non-hydrogen) atoms. The molecule has 1 aromatic carbocycles. The number of esters is 1. The maximum atomic E-state index is 14.0. The smallest absolute Gasteiger partial charge is 0.473 e. The third kappa shape index (κ3) is 10.6. The lowest BCUT2D eigenvalue weighted by Crippen LogP contribution is -2.41. The Labute approximate surface area is 266 Å². The van der Waals surface area contributed by atoms with E-state index in [1.807, 2.05) is 13.0 Å². The van der Waals surface area contributed by atoms with E-state index in [0.29, 0.717) is 24.8 Å². The van der Waals surface area contributed by atoms with Gasteiger partial charge < -0.3 is 14.7 Å². The number of phosphoric ester groups is 1. The molecule has 8 heteroatoms. The molecule has 7 nitrogen and oxygen atoms in total. The fourth-order valence-corrected chi connectivity index (χ4v) is 7.79. The maximum Gasteiger partial charge on any atom is 0.473 e. The Kier molecular flexibility index (Phi) is 14.7. The van der Waals surface area contributed by atoms with Crippen LogP contribution in [0.5, 0.6) is 11.5 Å². The Morgan fingerprint density at radius 1 is 1.02 bits per heavy atom. The molecule has 1 fully saturated rings. The largest absolute Gasteiger partial charge is 0.507 e. The summed E-state index contributed by atoms with van der Waals surface area (Å²) < 4.78 is 30.3. The Bertz CT molecular complexity index is 1170. The number of hydrogen-bond donors (Lipinski definition) is 2. The van der Waals surface area contributed by atoms with Gasteiger partial charge in [0.2, 0.25) is 0 Å². The quantitative estimate of drug-likeness (QED) is 0.0514. The Balaban J connectivity index is 1.83. The van der Waals surface area contributed by atoms with E-state index in [9.17, 15) is 19.4 Å². The van der Waals surface area contributed by atoms with Crippen LogP contribution in [-0.4, -0.2) is 28.2 Å². The van der Waals surface area contributed by atoms with E-state index in [4.69, 9.17) is 13.8 Å². The molecule has 0 heterocycles. The fourth-order valence-electron chi connectivity index (χ4n) is 6.67. The predicted molar refractivity (Wildman–Crippen MR) is 177 cm³/mol. The maximum absolute atomic E-state index is 14.0. The van der Waals surface area contributed by atoms with Crippen molar-refractivity contribution in [3.05, 3.63) is 47.1 Å². The van der Waals surface area contributed by atoms with Gasteiger partial charge in [-0.15, -0.1) is 0 Å². The van der Waals surface area contributed by atoms with Crippen LogP contribution in [0.4, 0.5) is 0 Å². The summed E-state index contributed by atoms with van der Waals surface area (Å²) in [6, 6.07) is 3.64. The van der Waals surface area contributed by atoms with E-state index in [1.165, 1.54) is 24.8 Å². The van der Waals surface area contributed by atoms with Crippen LogP contribution in [0, 0.1) is 5.92 Å². The monoisotopic (exact) mass is 632 g/mol. The molecule has 0 bridgehead atoms. The molecule has 2 aliphatic rings.